The van der Waals surface area contributed by atoms with Crippen LogP contribution in [-0.2, 0) is 4.79 Å². The number of fused-ring (bicyclic) bond motifs is 1. The van der Waals surface area contributed by atoms with Crippen molar-refractivity contribution in [2.75, 3.05) is 0 Å². The first-order chi connectivity index (χ1) is 5.22. The number of carbonyl (C=O) groups is 1. The Balaban J connectivity index is 2.34. The highest BCUT2D eigenvalue weighted by Gasteiger charge is 2.62. The Bertz CT molecular complexity index is 253. The largest absolute Gasteiger partial charge is 0.298 e. The first kappa shape index (κ1) is 6.84. The molecule has 0 bridgehead atoms. The van der Waals surface area contributed by atoms with Crippen molar-refractivity contribution in [1.82, 2.24) is 0 Å². The lowest BCUT2D eigenvalue weighted by atomic mass is 9.56. The van der Waals surface area contributed by atoms with Gasteiger partial charge in [0, 0.05) is 5.92 Å². The summed E-state index contributed by atoms with van der Waals surface area (Å²) in [7, 11) is 0. The first-order valence-corrected chi connectivity index (χ1v) is 4.18. The summed E-state index contributed by atoms with van der Waals surface area (Å²) in [5, 5.41) is 8.86. The molecule has 2 heteroatoms. The molecule has 0 amide bonds. The first-order valence-electron chi connectivity index (χ1n) is 4.18. The molecule has 2 aliphatic carbocycles. The van der Waals surface area contributed by atoms with Crippen molar-refractivity contribution in [3.63, 3.8) is 0 Å². The second-order valence-corrected chi connectivity index (χ2v) is 3.73. The van der Waals surface area contributed by atoms with E-state index in [-0.39, 0.29) is 11.7 Å². The van der Waals surface area contributed by atoms with Gasteiger partial charge in [0.25, 0.3) is 0 Å². The second-order valence-electron chi connectivity index (χ2n) is 3.73. The molecule has 0 aromatic carbocycles. The Labute approximate surface area is 66.2 Å². The summed E-state index contributed by atoms with van der Waals surface area (Å²) in [6.45, 7) is 1.95. The quantitative estimate of drug-likeness (QED) is 0.524. The van der Waals surface area contributed by atoms with Crippen molar-refractivity contribution >= 4 is 5.78 Å². The highest BCUT2D eigenvalue weighted by Crippen LogP contribution is 2.57. The molecule has 0 N–H and O–H groups in total. The second kappa shape index (κ2) is 1.85. The zero-order valence-electron chi connectivity index (χ0n) is 6.63. The van der Waals surface area contributed by atoms with E-state index in [9.17, 15) is 4.79 Å². The third-order valence-corrected chi connectivity index (χ3v) is 3.38. The fraction of sp³-hybridized carbons (Fsp3) is 0.778. The van der Waals surface area contributed by atoms with E-state index < -0.39 is 5.41 Å². The molecule has 0 spiro atoms. The van der Waals surface area contributed by atoms with Gasteiger partial charge in [0.1, 0.15) is 5.41 Å². The highest BCUT2D eigenvalue weighted by atomic mass is 16.1. The molecule has 11 heavy (non-hydrogen) atoms. The van der Waals surface area contributed by atoms with Gasteiger partial charge in [-0.2, -0.15) is 5.26 Å². The molecule has 58 valence electrons. The van der Waals surface area contributed by atoms with Gasteiger partial charge in [0.05, 0.1) is 6.07 Å². The van der Waals surface area contributed by atoms with Gasteiger partial charge in [-0.3, -0.25) is 4.79 Å². The van der Waals surface area contributed by atoms with Crippen molar-refractivity contribution in [3.8, 4) is 6.07 Å². The van der Waals surface area contributed by atoms with Crippen molar-refractivity contribution in [3.05, 3.63) is 0 Å². The van der Waals surface area contributed by atoms with Crippen LogP contribution in [0.25, 0.3) is 0 Å². The maximum atomic E-state index is 11.4. The average Bonchev–Trinajstić information content (AvgIpc) is 2.43. The maximum Gasteiger partial charge on any atom is 0.156 e. The number of ketones is 1. The molecule has 2 nitrogen and oxygen atoms in total. The summed E-state index contributed by atoms with van der Waals surface area (Å²) < 4.78 is 0. The highest BCUT2D eigenvalue weighted by molar-refractivity contribution is 5.96. The molecule has 0 saturated heterocycles. The van der Waals surface area contributed by atoms with Crippen molar-refractivity contribution < 1.29 is 4.79 Å². The van der Waals surface area contributed by atoms with E-state index in [4.69, 9.17) is 5.26 Å². The van der Waals surface area contributed by atoms with Crippen LogP contribution in [0.4, 0.5) is 0 Å². The number of Topliss-reactive ketones (excluding diaryl/α,β-unsaturated/α-hetero) is 1. The Morgan fingerprint density at radius 2 is 2.45 bits per heavy atom. The Morgan fingerprint density at radius 1 is 1.73 bits per heavy atom. The lowest BCUT2D eigenvalue weighted by Gasteiger charge is -2.43. The number of nitriles is 1. The summed E-state index contributed by atoms with van der Waals surface area (Å²) in [4.78, 5) is 11.4. The lowest BCUT2D eigenvalue weighted by Crippen LogP contribution is -2.52. The van der Waals surface area contributed by atoms with Crippen molar-refractivity contribution in [1.29, 1.82) is 5.26 Å². The van der Waals surface area contributed by atoms with Gasteiger partial charge < -0.3 is 0 Å². The molecule has 0 heterocycles. The molecule has 0 aliphatic heterocycles. The summed E-state index contributed by atoms with van der Waals surface area (Å²) in [6.07, 6.45) is 2.96. The monoisotopic (exact) mass is 149 g/mol. The third kappa shape index (κ3) is 0.552. The Hall–Kier alpha value is -0.840. The van der Waals surface area contributed by atoms with Crippen LogP contribution in [0.5, 0.6) is 0 Å². The van der Waals surface area contributed by atoms with Crippen LogP contribution in [0.2, 0.25) is 0 Å². The van der Waals surface area contributed by atoms with Crippen LogP contribution < -0.4 is 0 Å². The summed E-state index contributed by atoms with van der Waals surface area (Å²) >= 11 is 0. The SMILES string of the molecule is C[C@H]1C(=O)[C@]2(C#N)CCC[C@H]12. The van der Waals surface area contributed by atoms with Crippen LogP contribution in [0.15, 0.2) is 0 Å². The normalized spacial score (nSPS) is 47.8. The van der Waals surface area contributed by atoms with E-state index in [2.05, 4.69) is 6.07 Å². The van der Waals surface area contributed by atoms with Crippen LogP contribution in [-0.4, -0.2) is 5.78 Å². The molecule has 2 fully saturated rings. The van der Waals surface area contributed by atoms with Crippen molar-refractivity contribution in [2.24, 2.45) is 17.3 Å². The minimum absolute atomic E-state index is 0.164. The van der Waals surface area contributed by atoms with Gasteiger partial charge in [-0.25, -0.2) is 0 Å². The summed E-state index contributed by atoms with van der Waals surface area (Å²) in [6, 6.07) is 2.21. The number of nitrogens with zero attached hydrogens (tertiary/aromatic N) is 1. The minimum atomic E-state index is -0.528. The van der Waals surface area contributed by atoms with E-state index >= 15 is 0 Å². The summed E-state index contributed by atoms with van der Waals surface area (Å²) in [5.41, 5.74) is -0.528. The Morgan fingerprint density at radius 3 is 3.00 bits per heavy atom. The van der Waals surface area contributed by atoms with Crippen LogP contribution in [0, 0.1) is 28.6 Å². The van der Waals surface area contributed by atoms with Crippen molar-refractivity contribution in [2.45, 2.75) is 26.2 Å². The van der Waals surface area contributed by atoms with E-state index in [0.717, 1.165) is 19.3 Å². The molecule has 2 aliphatic rings. The number of hydrogen-bond acceptors (Lipinski definition) is 2. The van der Waals surface area contributed by atoms with E-state index in [1.165, 1.54) is 0 Å². The molecule has 0 unspecified atom stereocenters. The summed E-state index contributed by atoms with van der Waals surface area (Å²) in [5.74, 6) is 0.750. The van der Waals surface area contributed by atoms with Gasteiger partial charge >= 0.3 is 0 Å². The molecular weight excluding hydrogens is 138 g/mol. The van der Waals surface area contributed by atoms with Crippen LogP contribution in [0.3, 0.4) is 0 Å². The van der Waals surface area contributed by atoms with Gasteiger partial charge in [-0.05, 0) is 18.8 Å². The van der Waals surface area contributed by atoms with Gasteiger partial charge in [-0.15, -0.1) is 0 Å². The smallest absolute Gasteiger partial charge is 0.156 e. The zero-order valence-corrected chi connectivity index (χ0v) is 6.63. The lowest BCUT2D eigenvalue weighted by molar-refractivity contribution is -0.146. The van der Waals surface area contributed by atoms with E-state index in [1.807, 2.05) is 6.92 Å². The average molecular weight is 149 g/mol. The molecular formula is C9H11NO. The van der Waals surface area contributed by atoms with E-state index in [1.54, 1.807) is 0 Å². The molecule has 0 aromatic rings. The Kier molecular flexibility index (Phi) is 1.15. The molecule has 2 saturated carbocycles. The minimum Gasteiger partial charge on any atom is -0.298 e. The number of carbonyl (C=O) groups excluding carboxylic acids is 1. The predicted molar refractivity (Wildman–Crippen MR) is 39.6 cm³/mol. The predicted octanol–water partition coefficient (Wildman–Crippen LogP) is 1.52. The van der Waals surface area contributed by atoms with Gasteiger partial charge in [0.2, 0.25) is 0 Å². The molecule has 0 aromatic heterocycles. The fourth-order valence-corrected chi connectivity index (χ4v) is 2.70. The topological polar surface area (TPSA) is 40.9 Å². The van der Waals surface area contributed by atoms with Gasteiger partial charge in [-0.1, -0.05) is 13.3 Å². The molecule has 2 rings (SSSR count). The van der Waals surface area contributed by atoms with E-state index in [0.29, 0.717) is 5.92 Å². The van der Waals surface area contributed by atoms with Crippen LogP contribution >= 0.6 is 0 Å². The molecule has 0 radical (unpaired) electrons. The fourth-order valence-electron chi connectivity index (χ4n) is 2.70. The zero-order chi connectivity index (χ0) is 8.06. The number of rotatable bonds is 0. The maximum absolute atomic E-state index is 11.4. The molecule has 3 atom stereocenters. The van der Waals surface area contributed by atoms with Crippen LogP contribution in [0.1, 0.15) is 26.2 Å². The van der Waals surface area contributed by atoms with Gasteiger partial charge in [0.15, 0.2) is 5.78 Å². The third-order valence-electron chi connectivity index (χ3n) is 3.38. The standard InChI is InChI=1S/C9H11NO/c1-6-7-3-2-4-9(7,5-10)8(6)11/h6-7H,2-4H2,1H3/t6-,7-,9+/m1/s1. The number of hydrogen-bond donors (Lipinski definition) is 0.